The lowest BCUT2D eigenvalue weighted by molar-refractivity contribution is 0.216. The van der Waals surface area contributed by atoms with Gasteiger partial charge in [0.2, 0.25) is 0 Å². The molecule has 0 aliphatic carbocycles. The van der Waals surface area contributed by atoms with Gasteiger partial charge in [-0.25, -0.2) is 13.6 Å². The number of nitrogens with two attached hydrogens (primary N) is 1. The Labute approximate surface area is 192 Å². The third kappa shape index (κ3) is 5.53. The normalized spacial score (nSPS) is 10.8. The van der Waals surface area contributed by atoms with Crippen LogP contribution in [-0.4, -0.2) is 23.0 Å². The number of carbonyl (C=O) groups is 1. The minimum absolute atomic E-state index is 0.168. The van der Waals surface area contributed by atoms with E-state index in [0.29, 0.717) is 24.4 Å². The molecule has 0 saturated carbocycles. The van der Waals surface area contributed by atoms with Gasteiger partial charge in [0.15, 0.2) is 0 Å². The standard InChI is InChI=1S/C23H22BrF2N3O3/c1-13-18(9-14-3-5-15(6-4-14)11-29(2)23(27)31)21(20(24)22(30)28-13)32-12-16-7-8-17(25)10-19(16)26/h3-8,10H,9,11-12H2,1-2H3,(H2,27,31)(H,28,30). The van der Waals surface area contributed by atoms with Crippen LogP contribution < -0.4 is 16.0 Å². The zero-order chi connectivity index (χ0) is 23.4. The summed E-state index contributed by atoms with van der Waals surface area (Å²) >= 11 is 3.26. The Hall–Kier alpha value is -3.20. The molecule has 168 valence electrons. The summed E-state index contributed by atoms with van der Waals surface area (Å²) in [5, 5.41) is 0. The SMILES string of the molecule is Cc1[nH]c(=O)c(Br)c(OCc2ccc(F)cc2F)c1Cc1ccc(CN(C)C(N)=O)cc1. The van der Waals surface area contributed by atoms with Crippen LogP contribution in [-0.2, 0) is 19.6 Å². The minimum Gasteiger partial charge on any atom is -0.487 e. The largest absolute Gasteiger partial charge is 0.487 e. The number of ether oxygens (including phenoxy) is 1. The monoisotopic (exact) mass is 505 g/mol. The first-order valence-corrected chi connectivity index (χ1v) is 10.5. The number of hydrogen-bond acceptors (Lipinski definition) is 3. The van der Waals surface area contributed by atoms with Crippen LogP contribution >= 0.6 is 15.9 Å². The molecule has 0 bridgehead atoms. The molecule has 6 nitrogen and oxygen atoms in total. The molecular formula is C23H22BrF2N3O3. The first-order chi connectivity index (χ1) is 15.2. The van der Waals surface area contributed by atoms with Crippen molar-refractivity contribution in [2.24, 2.45) is 5.73 Å². The van der Waals surface area contributed by atoms with Gasteiger partial charge in [-0.3, -0.25) is 4.79 Å². The Morgan fingerprint density at radius 1 is 1.16 bits per heavy atom. The Balaban J connectivity index is 1.85. The highest BCUT2D eigenvalue weighted by atomic mass is 79.9. The molecule has 0 aliphatic heterocycles. The number of urea groups is 1. The number of aromatic nitrogens is 1. The van der Waals surface area contributed by atoms with Crippen molar-refractivity contribution >= 4 is 22.0 Å². The number of aryl methyl sites for hydroxylation is 1. The van der Waals surface area contributed by atoms with Gasteiger partial charge >= 0.3 is 6.03 Å². The van der Waals surface area contributed by atoms with Crippen molar-refractivity contribution in [1.29, 1.82) is 0 Å². The van der Waals surface area contributed by atoms with E-state index in [1.807, 2.05) is 24.3 Å². The van der Waals surface area contributed by atoms with Crippen LogP contribution in [0, 0.1) is 18.6 Å². The first kappa shape index (κ1) is 23.5. The van der Waals surface area contributed by atoms with Crippen molar-refractivity contribution < 1.29 is 18.3 Å². The maximum Gasteiger partial charge on any atom is 0.314 e. The number of primary amides is 1. The quantitative estimate of drug-likeness (QED) is 0.498. The Morgan fingerprint density at radius 2 is 1.81 bits per heavy atom. The van der Waals surface area contributed by atoms with Crippen LogP contribution in [0.3, 0.4) is 0 Å². The molecule has 0 fully saturated rings. The van der Waals surface area contributed by atoms with Crippen molar-refractivity contribution in [2.75, 3.05) is 7.05 Å². The third-order valence-electron chi connectivity index (χ3n) is 5.01. The van der Waals surface area contributed by atoms with Gasteiger partial charge in [-0.15, -0.1) is 0 Å². The molecule has 1 aromatic heterocycles. The number of amides is 2. The van der Waals surface area contributed by atoms with Crippen LogP contribution in [0.1, 0.15) is 27.9 Å². The van der Waals surface area contributed by atoms with Crippen LogP contribution in [0.5, 0.6) is 5.75 Å². The second-order valence-electron chi connectivity index (χ2n) is 7.41. The Kier molecular flexibility index (Phi) is 7.29. The van der Waals surface area contributed by atoms with E-state index >= 15 is 0 Å². The maximum absolute atomic E-state index is 14.0. The molecule has 32 heavy (non-hydrogen) atoms. The van der Waals surface area contributed by atoms with Crippen molar-refractivity contribution in [1.82, 2.24) is 9.88 Å². The molecule has 3 aromatic rings. The number of H-pyrrole nitrogens is 1. The molecule has 0 atom stereocenters. The molecule has 1 heterocycles. The van der Waals surface area contributed by atoms with E-state index in [1.54, 1.807) is 14.0 Å². The summed E-state index contributed by atoms with van der Waals surface area (Å²) in [6.07, 6.45) is 0.439. The van der Waals surface area contributed by atoms with Gasteiger partial charge in [-0.05, 0) is 46.1 Å². The molecule has 9 heteroatoms. The molecule has 3 N–H and O–H groups in total. The van der Waals surface area contributed by atoms with E-state index in [0.717, 1.165) is 28.8 Å². The third-order valence-corrected chi connectivity index (χ3v) is 5.73. The highest BCUT2D eigenvalue weighted by Crippen LogP contribution is 2.31. The molecular weight excluding hydrogens is 484 g/mol. The minimum atomic E-state index is -0.722. The van der Waals surface area contributed by atoms with Crippen molar-refractivity contribution in [2.45, 2.75) is 26.5 Å². The van der Waals surface area contributed by atoms with E-state index in [-0.39, 0.29) is 22.2 Å². The number of benzene rings is 2. The van der Waals surface area contributed by atoms with Crippen LogP contribution in [0.15, 0.2) is 51.7 Å². The van der Waals surface area contributed by atoms with Gasteiger partial charge in [-0.2, -0.15) is 0 Å². The fourth-order valence-electron chi connectivity index (χ4n) is 3.18. The molecule has 2 aromatic carbocycles. The van der Waals surface area contributed by atoms with Crippen molar-refractivity contribution in [3.63, 3.8) is 0 Å². The highest BCUT2D eigenvalue weighted by molar-refractivity contribution is 9.10. The fraction of sp³-hybridized carbons (Fsp3) is 0.217. The van der Waals surface area contributed by atoms with Crippen molar-refractivity contribution in [3.8, 4) is 5.75 Å². The summed E-state index contributed by atoms with van der Waals surface area (Å²) in [6.45, 7) is 1.97. The van der Waals surface area contributed by atoms with Crippen LogP contribution in [0.4, 0.5) is 13.6 Å². The summed E-state index contributed by atoms with van der Waals surface area (Å²) in [4.78, 5) is 27.6. The van der Waals surface area contributed by atoms with Gasteiger partial charge in [0, 0.05) is 42.9 Å². The van der Waals surface area contributed by atoms with Crippen molar-refractivity contribution in [3.05, 3.63) is 96.9 Å². The lowest BCUT2D eigenvalue weighted by Crippen LogP contribution is -2.31. The molecule has 0 saturated heterocycles. The van der Waals surface area contributed by atoms with E-state index < -0.39 is 17.7 Å². The first-order valence-electron chi connectivity index (χ1n) is 9.72. The van der Waals surface area contributed by atoms with Crippen LogP contribution in [0.25, 0.3) is 0 Å². The number of hydrogen-bond donors (Lipinski definition) is 2. The summed E-state index contributed by atoms with van der Waals surface area (Å²) in [5.74, 6) is -1.10. The number of pyridine rings is 1. The zero-order valence-electron chi connectivity index (χ0n) is 17.5. The van der Waals surface area contributed by atoms with Gasteiger partial charge in [0.1, 0.15) is 28.5 Å². The van der Waals surface area contributed by atoms with Gasteiger partial charge in [-0.1, -0.05) is 24.3 Å². The number of carbonyl (C=O) groups excluding carboxylic acids is 1. The van der Waals surface area contributed by atoms with Gasteiger partial charge < -0.3 is 20.4 Å². The average molecular weight is 506 g/mol. The smallest absolute Gasteiger partial charge is 0.314 e. The predicted molar refractivity (Wildman–Crippen MR) is 120 cm³/mol. The molecule has 0 radical (unpaired) electrons. The fourth-order valence-corrected chi connectivity index (χ4v) is 3.63. The molecule has 2 amide bonds. The number of nitrogens with one attached hydrogen (secondary N) is 1. The number of nitrogens with zero attached hydrogens (tertiary/aromatic N) is 1. The van der Waals surface area contributed by atoms with E-state index in [2.05, 4.69) is 20.9 Å². The molecule has 0 aliphatic rings. The summed E-state index contributed by atoms with van der Waals surface area (Å²) in [5.41, 5.74) is 8.26. The van der Waals surface area contributed by atoms with Gasteiger partial charge in [0.05, 0.1) is 0 Å². The second-order valence-corrected chi connectivity index (χ2v) is 8.21. The Bertz CT molecular complexity index is 1200. The molecule has 3 rings (SSSR count). The molecule has 0 spiro atoms. The topological polar surface area (TPSA) is 88.4 Å². The highest BCUT2D eigenvalue weighted by Gasteiger charge is 2.17. The van der Waals surface area contributed by atoms with E-state index in [9.17, 15) is 18.4 Å². The number of aromatic amines is 1. The number of halogens is 3. The maximum atomic E-state index is 14.0. The average Bonchev–Trinajstić information content (AvgIpc) is 2.74. The van der Waals surface area contributed by atoms with Gasteiger partial charge in [0.25, 0.3) is 5.56 Å². The summed E-state index contributed by atoms with van der Waals surface area (Å²) < 4.78 is 33.2. The second kappa shape index (κ2) is 9.95. The van der Waals surface area contributed by atoms with E-state index in [1.165, 1.54) is 11.0 Å². The summed E-state index contributed by atoms with van der Waals surface area (Å²) in [7, 11) is 1.62. The van der Waals surface area contributed by atoms with Crippen LogP contribution in [0.2, 0.25) is 0 Å². The zero-order valence-corrected chi connectivity index (χ0v) is 19.1. The Morgan fingerprint density at radius 3 is 2.44 bits per heavy atom. The molecule has 0 unspecified atom stereocenters. The number of rotatable bonds is 7. The predicted octanol–water partition coefficient (Wildman–Crippen LogP) is 4.40. The lowest BCUT2D eigenvalue weighted by Gasteiger charge is -2.17. The van der Waals surface area contributed by atoms with E-state index in [4.69, 9.17) is 10.5 Å². The lowest BCUT2D eigenvalue weighted by atomic mass is 10.0. The summed E-state index contributed by atoms with van der Waals surface area (Å²) in [6, 6.07) is 10.3.